The second-order valence-corrected chi connectivity index (χ2v) is 30.0. The lowest BCUT2D eigenvalue weighted by Gasteiger charge is -2.16. The van der Waals surface area contributed by atoms with Gasteiger partial charge in [-0.3, -0.25) is 0 Å². The van der Waals surface area contributed by atoms with Gasteiger partial charge in [0.1, 0.15) is 0 Å². The van der Waals surface area contributed by atoms with E-state index < -0.39 is 0 Å². The van der Waals surface area contributed by atoms with E-state index in [1.54, 1.807) is 0 Å². The van der Waals surface area contributed by atoms with Gasteiger partial charge in [0.05, 0.1) is 45.2 Å². The Morgan fingerprint density at radius 3 is 0.873 bits per heavy atom. The summed E-state index contributed by atoms with van der Waals surface area (Å²) in [5.41, 5.74) is 32.9. The number of rotatable bonds is 16. The van der Waals surface area contributed by atoms with Crippen molar-refractivity contribution in [2.45, 2.75) is 0 Å². The Hall–Kier alpha value is -15.8. The van der Waals surface area contributed by atoms with Crippen LogP contribution in [-0.4, -0.2) is 29.9 Å². The van der Waals surface area contributed by atoms with Crippen LogP contribution < -0.4 is 0 Å². The molecular weight excluding hydrogens is 1430 g/mol. The zero-order valence-corrected chi connectivity index (χ0v) is 64.3. The first kappa shape index (κ1) is 70.1. The van der Waals surface area contributed by atoms with Crippen molar-refractivity contribution in [3.05, 3.63) is 437 Å². The number of benzene rings is 17. The molecule has 4 heterocycles. The predicted octanol–water partition coefficient (Wildman–Crippen LogP) is 29.3. The molecule has 0 aliphatic carbocycles. The molecule has 118 heavy (non-hydrogen) atoms. The summed E-state index contributed by atoms with van der Waals surface area (Å²) in [6, 6.07) is 155. The van der Waals surface area contributed by atoms with E-state index in [4.69, 9.17) is 29.9 Å². The van der Waals surface area contributed by atoms with Gasteiger partial charge in [-0.25, -0.2) is 29.9 Å². The van der Waals surface area contributed by atoms with Crippen LogP contribution in [-0.2, 0) is 0 Å². The van der Waals surface area contributed by atoms with Crippen molar-refractivity contribution in [1.29, 1.82) is 0 Å². The van der Waals surface area contributed by atoms with Crippen LogP contribution >= 0.6 is 0 Å². The summed E-state index contributed by atoms with van der Waals surface area (Å²) in [7, 11) is 0. The van der Waals surface area contributed by atoms with E-state index >= 15 is 0 Å². The van der Waals surface area contributed by atoms with Gasteiger partial charge in [-0.2, -0.15) is 0 Å². The van der Waals surface area contributed by atoms with Gasteiger partial charge in [-0.15, -0.1) is 0 Å². The summed E-state index contributed by atoms with van der Waals surface area (Å²) in [5.74, 6) is 1.32. The third kappa shape index (κ3) is 13.8. The summed E-state index contributed by atoms with van der Waals surface area (Å²) in [4.78, 5) is 32.1. The topological polar surface area (TPSA) is 77.3 Å². The lowest BCUT2D eigenvalue weighted by Crippen LogP contribution is -1.96. The molecule has 21 rings (SSSR count). The maximum atomic E-state index is 5.53. The van der Waals surface area contributed by atoms with Gasteiger partial charge in [0.2, 0.25) is 0 Å². The van der Waals surface area contributed by atoms with Gasteiger partial charge in [-0.1, -0.05) is 364 Å². The molecule has 0 radical (unpaired) electrons. The van der Waals surface area contributed by atoms with Crippen molar-refractivity contribution < 1.29 is 0 Å². The second kappa shape index (κ2) is 30.6. The van der Waals surface area contributed by atoms with Crippen molar-refractivity contribution >= 4 is 43.4 Å². The van der Waals surface area contributed by atoms with E-state index in [1.165, 1.54) is 10.8 Å². The maximum Gasteiger partial charge on any atom is 0.160 e. The molecule has 17 aromatic carbocycles. The number of fused-ring (bicyclic) bond motifs is 6. The van der Waals surface area contributed by atoms with Crippen molar-refractivity contribution in [1.82, 2.24) is 29.9 Å². The SMILES string of the molecule is c1ccc(-c2cccc(-c3cc(-c4ccc(-c5cccc(-c6cc(-c7ccccc7)c7c(ccc8c(-c9cccc(-c%10cccc(-c%11nc(-c%12ccc(-c%13cccc(-c%14cc(-c%15ccccc%15)c%15c(ccc%16ccccc%16%15)n%14)c%13)cc%12)cc(-c%12cccc(-c%13ccccc%13)c%12)n%11)c%10)c9)cccc87)n6)c5)cc4)nc(-c4ccccc4)n3)c2)cc1. The molecule has 0 spiro atoms. The Morgan fingerprint density at radius 1 is 0.127 bits per heavy atom. The predicted molar refractivity (Wildman–Crippen MR) is 490 cm³/mol. The van der Waals surface area contributed by atoms with Gasteiger partial charge in [0, 0.05) is 55.3 Å². The van der Waals surface area contributed by atoms with Crippen molar-refractivity contribution in [3.8, 4) is 179 Å². The monoisotopic (exact) mass is 1500 g/mol. The summed E-state index contributed by atoms with van der Waals surface area (Å²) in [5, 5.41) is 6.93. The van der Waals surface area contributed by atoms with Crippen molar-refractivity contribution in [2.75, 3.05) is 0 Å². The normalized spacial score (nSPS) is 11.4. The highest BCUT2D eigenvalue weighted by atomic mass is 14.9. The first-order chi connectivity index (χ1) is 58.4. The third-order valence-electron chi connectivity index (χ3n) is 22.7. The molecule has 6 nitrogen and oxygen atoms in total. The highest BCUT2D eigenvalue weighted by Crippen LogP contribution is 2.44. The largest absolute Gasteiger partial charge is 0.248 e. The lowest BCUT2D eigenvalue weighted by atomic mass is 9.90. The van der Waals surface area contributed by atoms with E-state index in [2.05, 4.69) is 413 Å². The Kier molecular flexibility index (Phi) is 18.2. The fourth-order valence-electron chi connectivity index (χ4n) is 16.7. The number of aromatic nitrogens is 6. The molecule has 4 aromatic heterocycles. The molecule has 0 aliphatic rings. The van der Waals surface area contributed by atoms with E-state index in [9.17, 15) is 0 Å². The minimum Gasteiger partial charge on any atom is -0.248 e. The second-order valence-electron chi connectivity index (χ2n) is 30.0. The third-order valence-corrected chi connectivity index (χ3v) is 22.7. The fourth-order valence-corrected chi connectivity index (χ4v) is 16.7. The zero-order valence-electron chi connectivity index (χ0n) is 64.3. The molecule has 21 aromatic rings. The van der Waals surface area contributed by atoms with Gasteiger partial charge >= 0.3 is 0 Å². The average molecular weight is 1500 g/mol. The highest BCUT2D eigenvalue weighted by molar-refractivity contribution is 6.17. The summed E-state index contributed by atoms with van der Waals surface area (Å²) in [6.07, 6.45) is 0. The minimum atomic E-state index is 0.637. The summed E-state index contributed by atoms with van der Waals surface area (Å²) in [6.45, 7) is 0. The van der Waals surface area contributed by atoms with Gasteiger partial charge in [0.15, 0.2) is 11.6 Å². The molecule has 0 N–H and O–H groups in total. The molecule has 0 bridgehead atoms. The molecule has 0 saturated heterocycles. The summed E-state index contributed by atoms with van der Waals surface area (Å²) < 4.78 is 0. The Bertz CT molecular complexity index is 7380. The van der Waals surface area contributed by atoms with Crippen LogP contribution in [0.5, 0.6) is 0 Å². The average Bonchev–Trinajstić information content (AvgIpc) is 0.749. The van der Waals surface area contributed by atoms with Crippen LogP contribution in [0.3, 0.4) is 0 Å². The van der Waals surface area contributed by atoms with Crippen LogP contribution in [0.4, 0.5) is 0 Å². The first-order valence-electron chi connectivity index (χ1n) is 40.0. The van der Waals surface area contributed by atoms with Crippen LogP contribution in [0.2, 0.25) is 0 Å². The van der Waals surface area contributed by atoms with Gasteiger partial charge in [0.25, 0.3) is 0 Å². The van der Waals surface area contributed by atoms with Crippen LogP contribution in [0.1, 0.15) is 0 Å². The molecule has 0 atom stereocenters. The van der Waals surface area contributed by atoms with Crippen LogP contribution in [0.25, 0.3) is 223 Å². The molecule has 550 valence electrons. The summed E-state index contributed by atoms with van der Waals surface area (Å²) >= 11 is 0. The molecule has 0 amide bonds. The van der Waals surface area contributed by atoms with Crippen molar-refractivity contribution in [3.63, 3.8) is 0 Å². The molecule has 0 unspecified atom stereocenters. The molecule has 0 fully saturated rings. The number of hydrogen-bond acceptors (Lipinski definition) is 6. The van der Waals surface area contributed by atoms with Crippen molar-refractivity contribution in [2.24, 2.45) is 0 Å². The molecular formula is C112H72N6. The molecule has 6 heteroatoms. The lowest BCUT2D eigenvalue weighted by molar-refractivity contribution is 1.18. The Morgan fingerprint density at radius 2 is 0.415 bits per heavy atom. The van der Waals surface area contributed by atoms with Crippen LogP contribution in [0, 0.1) is 0 Å². The standard InChI is InChI=1S/C112H72N6/c1-6-25-73(26-7-1)83-36-19-45-92(64-83)107-71-105(115-111(117-107)82-34-14-5-15-35-82)80-55-51-75(52-56-80)86-39-22-44-91(67-86)104-70-100(78-31-12-4-13-32-78)110-98-50-24-49-95(97(98)60-62-102(110)114-104)89-42-18-40-87(63-89)88-41-23-47-94(68-88)112-116-106(72-108(118-112)93-46-20-37-84(65-93)74-27-8-2-9-28-74)81-57-53-76(54-58-81)85-38-21-43-90(66-85)103-69-99(77-29-10-3-11-30-77)109-96-48-17-16-33-79(96)59-61-101(109)113-103/h1-72H. The highest BCUT2D eigenvalue weighted by Gasteiger charge is 2.21. The van der Waals surface area contributed by atoms with E-state index in [1.807, 2.05) is 24.3 Å². The fraction of sp³-hybridized carbons (Fsp3) is 0. The molecule has 0 saturated carbocycles. The first-order valence-corrected chi connectivity index (χ1v) is 40.0. The van der Waals surface area contributed by atoms with Crippen LogP contribution in [0.15, 0.2) is 437 Å². The minimum absolute atomic E-state index is 0.637. The Balaban J connectivity index is 0.593. The maximum absolute atomic E-state index is 5.53. The molecule has 0 aliphatic heterocycles. The number of hydrogen-bond donors (Lipinski definition) is 0. The van der Waals surface area contributed by atoms with Gasteiger partial charge in [-0.05, 0) is 183 Å². The quantitative estimate of drug-likeness (QED) is 0.0897. The van der Waals surface area contributed by atoms with E-state index in [0.29, 0.717) is 11.6 Å². The zero-order chi connectivity index (χ0) is 78.2. The number of pyridine rings is 2. The van der Waals surface area contributed by atoms with E-state index in [-0.39, 0.29) is 0 Å². The Labute approximate surface area is 684 Å². The smallest absolute Gasteiger partial charge is 0.160 e. The van der Waals surface area contributed by atoms with E-state index in [0.717, 1.165) is 200 Å². The number of nitrogens with zero attached hydrogens (tertiary/aromatic N) is 6. The van der Waals surface area contributed by atoms with Gasteiger partial charge < -0.3 is 0 Å².